The Morgan fingerprint density at radius 3 is 2.14 bits per heavy atom. The predicted molar refractivity (Wildman–Crippen MR) is 136 cm³/mol. The average molecular weight is 526 g/mol. The largest absolute Gasteiger partial charge is 0.497 e. The Balaban J connectivity index is 1.99. The monoisotopic (exact) mass is 525 g/mol. The van der Waals surface area contributed by atoms with Crippen LogP contribution in [0.3, 0.4) is 0 Å². The quantitative estimate of drug-likeness (QED) is 0.420. The van der Waals surface area contributed by atoms with Crippen LogP contribution >= 0.6 is 11.6 Å². The summed E-state index contributed by atoms with van der Waals surface area (Å²) in [7, 11) is 2.89. The molecule has 194 valence electrons. The van der Waals surface area contributed by atoms with Gasteiger partial charge < -0.3 is 23.9 Å². The van der Waals surface area contributed by atoms with Crippen LogP contribution in [-0.2, 0) is 14.3 Å². The lowest BCUT2D eigenvalue weighted by Crippen LogP contribution is -2.45. The van der Waals surface area contributed by atoms with Crippen LogP contribution < -0.4 is 4.74 Å². The number of amides is 1. The number of carboxylic acids is 1. The number of rotatable bonds is 8. The van der Waals surface area contributed by atoms with Gasteiger partial charge >= 0.3 is 5.97 Å². The zero-order valence-electron chi connectivity index (χ0n) is 20.9. The molecule has 1 saturated heterocycles. The fourth-order valence-electron chi connectivity index (χ4n) is 5.30. The molecule has 1 aromatic heterocycles. The number of hydrogen-bond acceptors (Lipinski definition) is 6. The molecule has 2 aromatic carbocycles. The Morgan fingerprint density at radius 1 is 1.00 bits per heavy atom. The standard InChI is InChI=1S/C28H28ClNO7/c1-15-13-21(16(2)37-15)27(32)24-23(17-7-11-20(36-4)12-8-17)26(28(33)34)30(22(31)14-35-3)25(24)18-5-9-19(29)10-6-18/h5-13,23-26H,14H2,1-4H3,(H,33,34). The fourth-order valence-corrected chi connectivity index (χ4v) is 5.42. The van der Waals surface area contributed by atoms with E-state index in [2.05, 4.69) is 0 Å². The van der Waals surface area contributed by atoms with E-state index in [1.807, 2.05) is 0 Å². The second-order valence-corrected chi connectivity index (χ2v) is 9.47. The Kier molecular flexibility index (Phi) is 7.71. The van der Waals surface area contributed by atoms with E-state index < -0.39 is 35.8 Å². The number of furan rings is 1. The van der Waals surface area contributed by atoms with Gasteiger partial charge in [0.15, 0.2) is 5.78 Å². The number of methoxy groups -OCH3 is 2. The van der Waals surface area contributed by atoms with Crippen molar-refractivity contribution in [1.82, 2.24) is 4.90 Å². The van der Waals surface area contributed by atoms with Gasteiger partial charge in [-0.25, -0.2) is 4.79 Å². The van der Waals surface area contributed by atoms with Crippen LogP contribution in [0.25, 0.3) is 0 Å². The number of ketones is 1. The number of nitrogens with zero attached hydrogens (tertiary/aromatic N) is 1. The molecule has 0 bridgehead atoms. The molecule has 9 heteroatoms. The van der Waals surface area contributed by atoms with Crippen molar-refractivity contribution in [2.75, 3.05) is 20.8 Å². The van der Waals surface area contributed by atoms with E-state index >= 15 is 0 Å². The zero-order chi connectivity index (χ0) is 26.9. The highest BCUT2D eigenvalue weighted by Gasteiger charge is 2.57. The van der Waals surface area contributed by atoms with Gasteiger partial charge in [0.2, 0.25) is 5.91 Å². The number of ether oxygens (including phenoxy) is 2. The second kappa shape index (κ2) is 10.8. The second-order valence-electron chi connectivity index (χ2n) is 9.03. The number of hydrogen-bond donors (Lipinski definition) is 1. The Labute approximate surface area is 219 Å². The van der Waals surface area contributed by atoms with Gasteiger partial charge in [-0.2, -0.15) is 0 Å². The average Bonchev–Trinajstić information content (AvgIpc) is 3.41. The van der Waals surface area contributed by atoms with Crippen molar-refractivity contribution in [1.29, 1.82) is 0 Å². The number of aryl methyl sites for hydroxylation is 2. The zero-order valence-corrected chi connectivity index (χ0v) is 21.7. The highest BCUT2D eigenvalue weighted by Crippen LogP contribution is 2.51. The maximum absolute atomic E-state index is 14.3. The van der Waals surface area contributed by atoms with Gasteiger partial charge in [-0.05, 0) is 55.3 Å². The van der Waals surface area contributed by atoms with Crippen molar-refractivity contribution in [2.45, 2.75) is 31.8 Å². The maximum atomic E-state index is 14.3. The molecule has 0 spiro atoms. The molecule has 1 amide bonds. The number of carbonyl (C=O) groups is 3. The number of carbonyl (C=O) groups excluding carboxylic acids is 2. The summed E-state index contributed by atoms with van der Waals surface area (Å²) in [5.41, 5.74) is 1.54. The summed E-state index contributed by atoms with van der Waals surface area (Å²) in [5.74, 6) is -2.31. The highest BCUT2D eigenvalue weighted by molar-refractivity contribution is 6.30. The van der Waals surface area contributed by atoms with E-state index in [0.717, 1.165) is 0 Å². The summed E-state index contributed by atoms with van der Waals surface area (Å²) in [6.45, 7) is 3.09. The SMILES string of the molecule is COCC(=O)N1C(C(=O)O)C(c2ccc(OC)cc2)C(C(=O)c2cc(C)oc2C)C1c1ccc(Cl)cc1. The first kappa shape index (κ1) is 26.4. The molecule has 0 aliphatic carbocycles. The lowest BCUT2D eigenvalue weighted by molar-refractivity contribution is -0.151. The number of Topliss-reactive ketones (excluding diaryl/α,β-unsaturated/α-hetero) is 1. The normalized spacial score (nSPS) is 21.2. The van der Waals surface area contributed by atoms with Gasteiger partial charge in [0, 0.05) is 18.1 Å². The minimum absolute atomic E-state index is 0.311. The number of halogens is 1. The summed E-state index contributed by atoms with van der Waals surface area (Å²) in [4.78, 5) is 41.8. The first-order valence-electron chi connectivity index (χ1n) is 11.7. The molecular weight excluding hydrogens is 498 g/mol. The molecular formula is C28H28ClNO7. The van der Waals surface area contributed by atoms with Gasteiger partial charge in [0.05, 0.1) is 24.6 Å². The molecule has 1 aliphatic rings. The topological polar surface area (TPSA) is 106 Å². The number of likely N-dealkylation sites (tertiary alicyclic amines) is 1. The van der Waals surface area contributed by atoms with Gasteiger partial charge in [0.1, 0.15) is 29.9 Å². The Morgan fingerprint density at radius 2 is 1.62 bits per heavy atom. The summed E-state index contributed by atoms with van der Waals surface area (Å²) in [5, 5.41) is 10.9. The minimum atomic E-state index is -1.33. The van der Waals surface area contributed by atoms with E-state index in [9.17, 15) is 19.5 Å². The molecule has 37 heavy (non-hydrogen) atoms. The number of benzene rings is 2. The van der Waals surface area contributed by atoms with Crippen LogP contribution in [0, 0.1) is 19.8 Å². The fraction of sp³-hybridized carbons (Fsp3) is 0.321. The van der Waals surface area contributed by atoms with Crippen LogP contribution in [0.1, 0.15) is 45.0 Å². The van der Waals surface area contributed by atoms with Crippen molar-refractivity contribution < 1.29 is 33.4 Å². The molecule has 1 N–H and O–H groups in total. The third kappa shape index (κ3) is 4.99. The molecule has 2 heterocycles. The first-order chi connectivity index (χ1) is 17.7. The van der Waals surface area contributed by atoms with Crippen molar-refractivity contribution in [3.63, 3.8) is 0 Å². The van der Waals surface area contributed by atoms with Gasteiger partial charge in [-0.1, -0.05) is 35.9 Å². The molecule has 0 saturated carbocycles. The summed E-state index contributed by atoms with van der Waals surface area (Å²) in [6.07, 6.45) is 0. The van der Waals surface area contributed by atoms with Gasteiger partial charge in [-0.3, -0.25) is 9.59 Å². The smallest absolute Gasteiger partial charge is 0.327 e. The van der Waals surface area contributed by atoms with Crippen LogP contribution in [0.5, 0.6) is 5.75 Å². The van der Waals surface area contributed by atoms with E-state index in [-0.39, 0.29) is 12.4 Å². The van der Waals surface area contributed by atoms with E-state index in [1.165, 1.54) is 19.1 Å². The lowest BCUT2D eigenvalue weighted by atomic mass is 9.76. The van der Waals surface area contributed by atoms with E-state index in [4.69, 9.17) is 25.5 Å². The van der Waals surface area contributed by atoms with Crippen molar-refractivity contribution in [3.05, 3.63) is 87.8 Å². The Hall–Kier alpha value is -3.62. The van der Waals surface area contributed by atoms with Crippen LogP contribution in [-0.4, -0.2) is 54.5 Å². The van der Waals surface area contributed by atoms with Crippen LogP contribution in [0.4, 0.5) is 0 Å². The maximum Gasteiger partial charge on any atom is 0.327 e. The Bertz CT molecular complexity index is 1300. The summed E-state index contributed by atoms with van der Waals surface area (Å²) >= 11 is 6.13. The van der Waals surface area contributed by atoms with E-state index in [0.29, 0.717) is 39.0 Å². The van der Waals surface area contributed by atoms with Gasteiger partial charge in [0.25, 0.3) is 0 Å². The molecule has 3 aromatic rings. The molecule has 8 nitrogen and oxygen atoms in total. The van der Waals surface area contributed by atoms with Crippen LogP contribution in [0.15, 0.2) is 59.0 Å². The summed E-state index contributed by atoms with van der Waals surface area (Å²) < 4.78 is 16.0. The number of aliphatic carboxylic acids is 1. The van der Waals surface area contributed by atoms with Crippen molar-refractivity contribution >= 4 is 29.3 Å². The minimum Gasteiger partial charge on any atom is -0.497 e. The highest BCUT2D eigenvalue weighted by atomic mass is 35.5. The van der Waals surface area contributed by atoms with Gasteiger partial charge in [-0.15, -0.1) is 0 Å². The summed E-state index contributed by atoms with van der Waals surface area (Å²) in [6, 6.07) is 13.0. The van der Waals surface area contributed by atoms with Crippen molar-refractivity contribution in [3.8, 4) is 5.75 Å². The third-order valence-electron chi connectivity index (χ3n) is 6.80. The molecule has 4 unspecified atom stereocenters. The molecule has 0 radical (unpaired) electrons. The van der Waals surface area contributed by atoms with E-state index in [1.54, 1.807) is 68.4 Å². The third-order valence-corrected chi connectivity index (χ3v) is 7.05. The molecule has 4 atom stereocenters. The number of carboxylic acid groups (broad SMARTS) is 1. The molecule has 4 rings (SSSR count). The molecule has 1 fully saturated rings. The van der Waals surface area contributed by atoms with Crippen LogP contribution in [0.2, 0.25) is 5.02 Å². The molecule has 1 aliphatic heterocycles. The lowest BCUT2D eigenvalue weighted by Gasteiger charge is -2.30. The first-order valence-corrected chi connectivity index (χ1v) is 12.1. The predicted octanol–water partition coefficient (Wildman–Crippen LogP) is 4.82. The van der Waals surface area contributed by atoms with Crippen molar-refractivity contribution in [2.24, 2.45) is 5.92 Å².